The van der Waals surface area contributed by atoms with Gasteiger partial charge < -0.3 is 10.1 Å². The van der Waals surface area contributed by atoms with E-state index in [0.29, 0.717) is 11.7 Å². The molecule has 0 amide bonds. The third-order valence-electron chi connectivity index (χ3n) is 5.46. The number of hydrogen-bond acceptors (Lipinski definition) is 3. The average Bonchev–Trinajstić information content (AvgIpc) is 3.05. The van der Waals surface area contributed by atoms with E-state index in [-0.39, 0.29) is 0 Å². The van der Waals surface area contributed by atoms with Gasteiger partial charge in [-0.2, -0.15) is 11.8 Å². The van der Waals surface area contributed by atoms with Crippen molar-refractivity contribution < 1.29 is 4.74 Å². The molecular weight excluding hydrogens is 254 g/mol. The topological polar surface area (TPSA) is 21.3 Å². The number of thioether (sulfide) groups is 1. The van der Waals surface area contributed by atoms with Crippen LogP contribution in [0.3, 0.4) is 0 Å². The van der Waals surface area contributed by atoms with Crippen molar-refractivity contribution >= 4 is 11.8 Å². The first-order valence-electron chi connectivity index (χ1n) is 8.24. The van der Waals surface area contributed by atoms with Gasteiger partial charge in [0.05, 0.1) is 11.7 Å². The smallest absolute Gasteiger partial charge is 0.0708 e. The summed E-state index contributed by atoms with van der Waals surface area (Å²) in [6, 6.07) is 0.754. The lowest BCUT2D eigenvalue weighted by molar-refractivity contribution is -0.0629. The Hall–Kier alpha value is 0.270. The van der Waals surface area contributed by atoms with Gasteiger partial charge in [0.2, 0.25) is 0 Å². The Labute approximate surface area is 122 Å². The molecule has 19 heavy (non-hydrogen) atoms. The molecule has 110 valence electrons. The highest BCUT2D eigenvalue weighted by Crippen LogP contribution is 2.41. The van der Waals surface area contributed by atoms with Gasteiger partial charge in [0.25, 0.3) is 0 Å². The maximum Gasteiger partial charge on any atom is 0.0708 e. The number of nitrogens with one attached hydrogen (secondary N) is 1. The molecule has 0 aromatic rings. The molecule has 3 heteroatoms. The molecule has 0 bridgehead atoms. The predicted molar refractivity (Wildman–Crippen MR) is 82.9 cm³/mol. The summed E-state index contributed by atoms with van der Waals surface area (Å²) >= 11 is 2.04. The van der Waals surface area contributed by atoms with E-state index in [9.17, 15) is 0 Å². The van der Waals surface area contributed by atoms with Gasteiger partial charge in [-0.25, -0.2) is 0 Å². The quantitative estimate of drug-likeness (QED) is 0.849. The lowest BCUT2D eigenvalue weighted by Gasteiger charge is -2.33. The second kappa shape index (κ2) is 6.36. The first-order chi connectivity index (χ1) is 9.30. The van der Waals surface area contributed by atoms with Crippen molar-refractivity contribution in [3.05, 3.63) is 0 Å². The highest BCUT2D eigenvalue weighted by molar-refractivity contribution is 7.99. The Morgan fingerprint density at radius 1 is 1.11 bits per heavy atom. The van der Waals surface area contributed by atoms with Crippen LogP contribution in [0.1, 0.15) is 64.2 Å². The van der Waals surface area contributed by atoms with Crippen LogP contribution >= 0.6 is 11.8 Å². The monoisotopic (exact) mass is 283 g/mol. The minimum atomic E-state index is 0.294. The Kier molecular flexibility index (Phi) is 4.76. The summed E-state index contributed by atoms with van der Waals surface area (Å²) in [5.41, 5.74) is 0.294. The maximum atomic E-state index is 6.44. The highest BCUT2D eigenvalue weighted by Gasteiger charge is 2.40. The third-order valence-corrected chi connectivity index (χ3v) is 6.55. The Bertz CT molecular complexity index is 290. The molecule has 0 radical (unpaired) electrons. The first-order valence-corrected chi connectivity index (χ1v) is 9.52. The summed E-state index contributed by atoms with van der Waals surface area (Å²) in [4.78, 5) is 0. The summed E-state index contributed by atoms with van der Waals surface area (Å²) in [5.74, 6) is 0. The van der Waals surface area contributed by atoms with Crippen LogP contribution in [0.15, 0.2) is 0 Å². The highest BCUT2D eigenvalue weighted by atomic mass is 32.2. The van der Waals surface area contributed by atoms with Crippen LogP contribution in [0.5, 0.6) is 0 Å². The van der Waals surface area contributed by atoms with E-state index in [4.69, 9.17) is 4.74 Å². The summed E-state index contributed by atoms with van der Waals surface area (Å²) in [6.45, 7) is 1.09. The average molecular weight is 283 g/mol. The van der Waals surface area contributed by atoms with E-state index in [1.807, 2.05) is 11.8 Å². The molecule has 0 aromatic heterocycles. The third kappa shape index (κ3) is 3.48. The molecule has 2 saturated carbocycles. The molecule has 1 aliphatic heterocycles. The maximum absolute atomic E-state index is 6.44. The fraction of sp³-hybridized carbons (Fsp3) is 1.00. The van der Waals surface area contributed by atoms with Crippen molar-refractivity contribution in [1.82, 2.24) is 5.32 Å². The molecule has 0 aromatic carbocycles. The summed E-state index contributed by atoms with van der Waals surface area (Å²) in [7, 11) is 0. The molecule has 2 aliphatic carbocycles. The van der Waals surface area contributed by atoms with E-state index in [1.165, 1.54) is 64.2 Å². The summed E-state index contributed by atoms with van der Waals surface area (Å²) < 4.78 is 6.44. The molecule has 1 saturated heterocycles. The summed E-state index contributed by atoms with van der Waals surface area (Å²) in [6.07, 6.45) is 16.3. The predicted octanol–water partition coefficient (Wildman–Crippen LogP) is 3.74. The van der Waals surface area contributed by atoms with Crippen molar-refractivity contribution in [2.45, 2.75) is 87.2 Å². The molecule has 3 aliphatic rings. The fourth-order valence-corrected chi connectivity index (χ4v) is 5.04. The van der Waals surface area contributed by atoms with Crippen LogP contribution in [0.4, 0.5) is 0 Å². The van der Waals surface area contributed by atoms with Gasteiger partial charge >= 0.3 is 0 Å². The number of hydrogen-bond donors (Lipinski definition) is 1. The molecule has 1 spiro atoms. The van der Waals surface area contributed by atoms with Crippen LogP contribution in [0, 0.1) is 0 Å². The molecule has 3 unspecified atom stereocenters. The van der Waals surface area contributed by atoms with Gasteiger partial charge in [-0.3, -0.25) is 0 Å². The molecular formula is C16H29NOS. The van der Waals surface area contributed by atoms with E-state index >= 15 is 0 Å². The van der Waals surface area contributed by atoms with E-state index in [0.717, 1.165) is 17.8 Å². The Morgan fingerprint density at radius 3 is 2.68 bits per heavy atom. The van der Waals surface area contributed by atoms with E-state index in [2.05, 4.69) is 11.6 Å². The minimum Gasteiger partial charge on any atom is -0.370 e. The van der Waals surface area contributed by atoms with Gasteiger partial charge in [-0.15, -0.1) is 0 Å². The van der Waals surface area contributed by atoms with Gasteiger partial charge in [0, 0.05) is 17.8 Å². The standard InChI is InChI=1S/C16H29NOS/c1-19-15-6-5-13(11-15)17-12-14-7-10-16(18-14)8-3-2-4-9-16/h13-15,17H,2-12H2,1H3. The Balaban J connectivity index is 1.40. The minimum absolute atomic E-state index is 0.294. The van der Waals surface area contributed by atoms with Crippen LogP contribution in [0.2, 0.25) is 0 Å². The van der Waals surface area contributed by atoms with Crippen LogP contribution in [0.25, 0.3) is 0 Å². The lowest BCUT2D eigenvalue weighted by Crippen LogP contribution is -2.37. The van der Waals surface area contributed by atoms with Gasteiger partial charge in [0.1, 0.15) is 0 Å². The lowest BCUT2D eigenvalue weighted by atomic mass is 9.83. The molecule has 1 heterocycles. The van der Waals surface area contributed by atoms with Crippen molar-refractivity contribution in [3.8, 4) is 0 Å². The van der Waals surface area contributed by atoms with Gasteiger partial charge in [-0.1, -0.05) is 19.3 Å². The van der Waals surface area contributed by atoms with Crippen LogP contribution in [-0.2, 0) is 4.74 Å². The molecule has 3 fully saturated rings. The normalized spacial score (nSPS) is 38.1. The summed E-state index contributed by atoms with van der Waals surface area (Å²) in [5, 5.41) is 4.67. The van der Waals surface area contributed by atoms with Crippen molar-refractivity contribution in [3.63, 3.8) is 0 Å². The van der Waals surface area contributed by atoms with E-state index < -0.39 is 0 Å². The first kappa shape index (κ1) is 14.2. The molecule has 2 nitrogen and oxygen atoms in total. The zero-order valence-electron chi connectivity index (χ0n) is 12.3. The van der Waals surface area contributed by atoms with Crippen LogP contribution < -0.4 is 5.32 Å². The van der Waals surface area contributed by atoms with Crippen molar-refractivity contribution in [2.75, 3.05) is 12.8 Å². The molecule has 3 atom stereocenters. The van der Waals surface area contributed by atoms with Crippen molar-refractivity contribution in [1.29, 1.82) is 0 Å². The SMILES string of the molecule is CSC1CCC(NCC2CCC3(CCCCC3)O2)C1. The number of rotatable bonds is 4. The van der Waals surface area contributed by atoms with Gasteiger partial charge in [-0.05, 0) is 51.2 Å². The zero-order valence-corrected chi connectivity index (χ0v) is 13.1. The second-order valence-corrected chi connectivity index (χ2v) is 7.94. The second-order valence-electron chi connectivity index (χ2n) is 6.80. The fourth-order valence-electron chi connectivity index (χ4n) is 4.24. The largest absolute Gasteiger partial charge is 0.370 e. The van der Waals surface area contributed by atoms with Crippen LogP contribution in [-0.4, -0.2) is 35.8 Å². The molecule has 3 rings (SSSR count). The van der Waals surface area contributed by atoms with E-state index in [1.54, 1.807) is 0 Å². The Morgan fingerprint density at radius 2 is 1.95 bits per heavy atom. The van der Waals surface area contributed by atoms with Crippen molar-refractivity contribution in [2.24, 2.45) is 0 Å². The molecule has 1 N–H and O–H groups in total. The van der Waals surface area contributed by atoms with Gasteiger partial charge in [0.15, 0.2) is 0 Å². The zero-order chi connectivity index (χ0) is 13.1. The number of ether oxygens (including phenoxy) is 1.